The third-order valence-electron chi connectivity index (χ3n) is 2.51. The van der Waals surface area contributed by atoms with E-state index in [1.807, 2.05) is 12.1 Å². The third-order valence-corrected chi connectivity index (χ3v) is 2.51. The van der Waals surface area contributed by atoms with Crippen molar-refractivity contribution >= 4 is 11.7 Å². The van der Waals surface area contributed by atoms with Crippen LogP contribution >= 0.6 is 0 Å². The van der Waals surface area contributed by atoms with Gasteiger partial charge in [0, 0.05) is 5.56 Å². The van der Waals surface area contributed by atoms with Gasteiger partial charge in [-0.25, -0.2) is 0 Å². The first-order valence-electron chi connectivity index (χ1n) is 5.69. The molecule has 1 amide bonds. The lowest BCUT2D eigenvalue weighted by Crippen LogP contribution is -2.28. The van der Waals surface area contributed by atoms with Crippen LogP contribution < -0.4 is 5.32 Å². The lowest BCUT2D eigenvalue weighted by Gasteiger charge is -2.19. The van der Waals surface area contributed by atoms with Crippen LogP contribution in [-0.2, 0) is 10.2 Å². The minimum Gasteiger partial charge on any atom is -0.345 e. The largest absolute Gasteiger partial charge is 0.345 e. The molecule has 1 aromatic rings. The highest BCUT2D eigenvalue weighted by molar-refractivity contribution is 5.96. The molecule has 92 valence electrons. The standard InChI is InChI=1S/C14H19NO2/c1-10(16)9-15-13(17)11-5-7-12(8-6-11)14(2,3)4/h5-8H,9H2,1-4H3,(H,15,17). The molecule has 0 aromatic heterocycles. The molecule has 17 heavy (non-hydrogen) atoms. The van der Waals surface area contributed by atoms with Crippen LogP contribution in [0.1, 0.15) is 43.6 Å². The molecule has 0 saturated heterocycles. The normalized spacial score (nSPS) is 11.1. The minimum absolute atomic E-state index is 0.0512. The van der Waals surface area contributed by atoms with Gasteiger partial charge in [-0.1, -0.05) is 32.9 Å². The summed E-state index contributed by atoms with van der Waals surface area (Å²) in [5.41, 5.74) is 1.84. The number of ketones is 1. The monoisotopic (exact) mass is 233 g/mol. The molecule has 1 aromatic carbocycles. The fraction of sp³-hybridized carbons (Fsp3) is 0.429. The summed E-state index contributed by atoms with van der Waals surface area (Å²) in [5.74, 6) is -0.259. The average molecular weight is 233 g/mol. The van der Waals surface area contributed by atoms with Gasteiger partial charge in [0.25, 0.3) is 5.91 Å². The number of nitrogens with one attached hydrogen (secondary N) is 1. The first-order valence-corrected chi connectivity index (χ1v) is 5.69. The third kappa shape index (κ3) is 4.02. The molecule has 1 rings (SSSR count). The van der Waals surface area contributed by atoms with E-state index in [1.54, 1.807) is 12.1 Å². The summed E-state index contributed by atoms with van der Waals surface area (Å²) in [4.78, 5) is 22.4. The van der Waals surface area contributed by atoms with Crippen LogP contribution in [-0.4, -0.2) is 18.2 Å². The Hall–Kier alpha value is -1.64. The number of benzene rings is 1. The Kier molecular flexibility index (Phi) is 4.05. The van der Waals surface area contributed by atoms with Gasteiger partial charge in [-0.05, 0) is 30.0 Å². The fourth-order valence-electron chi connectivity index (χ4n) is 1.43. The average Bonchev–Trinajstić information content (AvgIpc) is 2.25. The summed E-state index contributed by atoms with van der Waals surface area (Å²) in [5, 5.41) is 2.57. The number of hydrogen-bond acceptors (Lipinski definition) is 2. The van der Waals surface area contributed by atoms with Crippen molar-refractivity contribution in [3.8, 4) is 0 Å². The summed E-state index contributed by atoms with van der Waals surface area (Å²) in [7, 11) is 0. The molecule has 0 spiro atoms. The predicted molar refractivity (Wildman–Crippen MR) is 68.2 cm³/mol. The van der Waals surface area contributed by atoms with Gasteiger partial charge < -0.3 is 5.32 Å². The lowest BCUT2D eigenvalue weighted by atomic mass is 9.87. The lowest BCUT2D eigenvalue weighted by molar-refractivity contribution is -0.116. The number of carbonyl (C=O) groups excluding carboxylic acids is 2. The Balaban J connectivity index is 2.74. The van der Waals surface area contributed by atoms with Crippen molar-refractivity contribution in [1.29, 1.82) is 0 Å². The van der Waals surface area contributed by atoms with Gasteiger partial charge in [0.05, 0.1) is 6.54 Å². The second-order valence-electron chi connectivity index (χ2n) is 5.21. The summed E-state index contributed by atoms with van der Waals surface area (Å²) in [6.07, 6.45) is 0. The zero-order valence-electron chi connectivity index (χ0n) is 10.8. The van der Waals surface area contributed by atoms with Crippen molar-refractivity contribution in [2.75, 3.05) is 6.54 Å². The van der Waals surface area contributed by atoms with E-state index >= 15 is 0 Å². The number of rotatable bonds is 3. The summed E-state index contributed by atoms with van der Waals surface area (Å²) in [6, 6.07) is 7.47. The SMILES string of the molecule is CC(=O)CNC(=O)c1ccc(C(C)(C)C)cc1. The van der Waals surface area contributed by atoms with Gasteiger partial charge in [-0.3, -0.25) is 9.59 Å². The van der Waals surface area contributed by atoms with E-state index in [2.05, 4.69) is 26.1 Å². The second kappa shape index (κ2) is 5.13. The second-order valence-corrected chi connectivity index (χ2v) is 5.21. The van der Waals surface area contributed by atoms with Crippen molar-refractivity contribution in [2.24, 2.45) is 0 Å². The van der Waals surface area contributed by atoms with E-state index in [0.29, 0.717) is 5.56 Å². The molecule has 1 N–H and O–H groups in total. The molecule has 0 aliphatic carbocycles. The molecule has 0 unspecified atom stereocenters. The maximum Gasteiger partial charge on any atom is 0.251 e. The zero-order valence-corrected chi connectivity index (χ0v) is 10.8. The number of Topliss-reactive ketones (excluding diaryl/α,β-unsaturated/α-hetero) is 1. The molecule has 0 saturated carbocycles. The van der Waals surface area contributed by atoms with Gasteiger partial charge in [0.2, 0.25) is 0 Å². The van der Waals surface area contributed by atoms with Gasteiger partial charge in [0.15, 0.2) is 0 Å². The first-order chi connectivity index (χ1) is 7.80. The van der Waals surface area contributed by atoms with Gasteiger partial charge in [-0.2, -0.15) is 0 Å². The maximum absolute atomic E-state index is 11.6. The minimum atomic E-state index is -0.208. The van der Waals surface area contributed by atoms with Crippen LogP contribution in [0.4, 0.5) is 0 Å². The van der Waals surface area contributed by atoms with E-state index in [1.165, 1.54) is 12.5 Å². The van der Waals surface area contributed by atoms with Gasteiger partial charge in [-0.15, -0.1) is 0 Å². The van der Waals surface area contributed by atoms with Crippen LogP contribution in [0.5, 0.6) is 0 Å². The highest BCUT2D eigenvalue weighted by atomic mass is 16.2. The molecule has 0 atom stereocenters. The molecular formula is C14H19NO2. The van der Waals surface area contributed by atoms with Gasteiger partial charge >= 0.3 is 0 Å². The number of carbonyl (C=O) groups is 2. The number of hydrogen-bond donors (Lipinski definition) is 1. The van der Waals surface area contributed by atoms with Crippen molar-refractivity contribution in [2.45, 2.75) is 33.1 Å². The van der Waals surface area contributed by atoms with Gasteiger partial charge in [0.1, 0.15) is 5.78 Å². The van der Waals surface area contributed by atoms with Crippen LogP contribution in [0, 0.1) is 0 Å². The topological polar surface area (TPSA) is 46.2 Å². The molecule has 0 fully saturated rings. The summed E-state index contributed by atoms with van der Waals surface area (Å²) >= 11 is 0. The smallest absolute Gasteiger partial charge is 0.251 e. The Labute approximate surface area is 102 Å². The van der Waals surface area contributed by atoms with E-state index < -0.39 is 0 Å². The zero-order chi connectivity index (χ0) is 13.1. The summed E-state index contributed by atoms with van der Waals surface area (Å²) < 4.78 is 0. The molecule has 3 heteroatoms. The van der Waals surface area contributed by atoms with E-state index in [9.17, 15) is 9.59 Å². The van der Waals surface area contributed by atoms with E-state index in [0.717, 1.165) is 0 Å². The molecule has 0 heterocycles. The highest BCUT2D eigenvalue weighted by Crippen LogP contribution is 2.22. The van der Waals surface area contributed by atoms with Crippen molar-refractivity contribution in [1.82, 2.24) is 5.32 Å². The van der Waals surface area contributed by atoms with Crippen molar-refractivity contribution in [3.05, 3.63) is 35.4 Å². The highest BCUT2D eigenvalue weighted by Gasteiger charge is 2.14. The van der Waals surface area contributed by atoms with E-state index in [-0.39, 0.29) is 23.7 Å². The van der Waals surface area contributed by atoms with Crippen molar-refractivity contribution in [3.63, 3.8) is 0 Å². The maximum atomic E-state index is 11.6. The van der Waals surface area contributed by atoms with Crippen LogP contribution in [0.25, 0.3) is 0 Å². The molecule has 0 radical (unpaired) electrons. The quantitative estimate of drug-likeness (QED) is 0.870. The number of amides is 1. The summed E-state index contributed by atoms with van der Waals surface area (Å²) in [6.45, 7) is 7.90. The first kappa shape index (κ1) is 13.4. The molecule has 0 aliphatic heterocycles. The predicted octanol–water partition coefficient (Wildman–Crippen LogP) is 2.30. The Morgan fingerprint density at radius 3 is 2.06 bits per heavy atom. The Morgan fingerprint density at radius 2 is 1.65 bits per heavy atom. The Morgan fingerprint density at radius 1 is 1.12 bits per heavy atom. The Bertz CT molecular complexity index is 413. The molecule has 3 nitrogen and oxygen atoms in total. The molecular weight excluding hydrogens is 214 g/mol. The fourth-order valence-corrected chi connectivity index (χ4v) is 1.43. The molecule has 0 aliphatic rings. The van der Waals surface area contributed by atoms with Crippen molar-refractivity contribution < 1.29 is 9.59 Å². The van der Waals surface area contributed by atoms with Crippen LogP contribution in [0.3, 0.4) is 0 Å². The molecule has 0 bridgehead atoms. The van der Waals surface area contributed by atoms with E-state index in [4.69, 9.17) is 0 Å². The van der Waals surface area contributed by atoms with Crippen LogP contribution in [0.2, 0.25) is 0 Å². The van der Waals surface area contributed by atoms with Crippen LogP contribution in [0.15, 0.2) is 24.3 Å².